The highest BCUT2D eigenvalue weighted by molar-refractivity contribution is 6.30. The van der Waals surface area contributed by atoms with Gasteiger partial charge >= 0.3 is 0 Å². The number of carbonyl (C=O) groups is 4. The molecule has 4 aromatic heterocycles. The van der Waals surface area contributed by atoms with Gasteiger partial charge in [0.1, 0.15) is 39.9 Å². The van der Waals surface area contributed by atoms with Crippen molar-refractivity contribution in [1.82, 2.24) is 39.7 Å². The molecule has 2 saturated heterocycles. The third kappa shape index (κ3) is 16.3. The molecular weight excluding hydrogens is 974 g/mol. The summed E-state index contributed by atoms with van der Waals surface area (Å²) in [6, 6.07) is 22.7. The van der Waals surface area contributed by atoms with Crippen molar-refractivity contribution in [3.8, 4) is 11.5 Å². The zero-order valence-electron chi connectivity index (χ0n) is 43.2. The minimum Gasteiger partial charge on any atom is -0.495 e. The number of benzene rings is 2. The minimum absolute atomic E-state index is 0.0481. The van der Waals surface area contributed by atoms with Gasteiger partial charge in [-0.25, -0.2) is 24.9 Å². The lowest BCUT2D eigenvalue weighted by molar-refractivity contribution is -0.130. The first-order valence-corrected chi connectivity index (χ1v) is 24.7. The zero-order valence-corrected chi connectivity index (χ0v) is 43.9. The molecule has 0 unspecified atom stereocenters. The molecule has 0 aliphatic carbocycles. The second-order valence-electron chi connectivity index (χ2n) is 17.8. The summed E-state index contributed by atoms with van der Waals surface area (Å²) in [7, 11) is 3.28. The fourth-order valence-electron chi connectivity index (χ4n) is 8.26. The van der Waals surface area contributed by atoms with Crippen LogP contribution in [0.25, 0.3) is 0 Å². The number of nitrogen functional groups attached to an aromatic ring is 1. The molecule has 0 bridgehead atoms. The molecular formula is C55H64ClN13O6. The van der Waals surface area contributed by atoms with Crippen molar-refractivity contribution in [3.63, 3.8) is 0 Å². The predicted octanol–water partition coefficient (Wildman–Crippen LogP) is 9.40. The van der Waals surface area contributed by atoms with E-state index in [2.05, 4.69) is 76.5 Å². The van der Waals surface area contributed by atoms with Crippen LogP contribution in [0.2, 0.25) is 5.15 Å². The van der Waals surface area contributed by atoms with E-state index in [1.807, 2.05) is 47.9 Å². The number of nitrogens with two attached hydrogens (primary N) is 1. The number of hydrogen-bond donors (Lipinski definition) is 5. The standard InChI is InChI=1S/C27H31N7O3.C19H23ClN4O2.C9H10N2O/c1-5-25(36)31-23-7-6-8-24(30-23)32-26-17(2)16-28-27(33-26)29-21-10-9-20(15-22(21)37-4)19-11-13-34(14-12-19)18(3)35;1-12-11-21-19(23-18(12)20)22-16-5-4-15(10-17(16)26-3)14-6-8-24(9-7-14)13(2)25;1-2-8(12)6-7-4-3-5-9(10)11-7/h5-10,15-16,19H,1,11-14H2,2-4H3,(H3,28,29,30,31,32,33,36);4-5,10-11,14H,6-9H2,1-3H3,(H,21,22,23);2-5H,1,6H2,(H2,10,11). The van der Waals surface area contributed by atoms with E-state index in [1.165, 1.54) is 23.3 Å². The molecule has 6 heterocycles. The molecule has 3 amide bonds. The lowest BCUT2D eigenvalue weighted by Gasteiger charge is -2.31. The van der Waals surface area contributed by atoms with Crippen LogP contribution in [0.3, 0.4) is 0 Å². The summed E-state index contributed by atoms with van der Waals surface area (Å²) in [5.41, 5.74) is 11.7. The number of aryl methyl sites for hydroxylation is 2. The molecule has 6 aromatic rings. The lowest BCUT2D eigenvalue weighted by atomic mass is 9.89. The van der Waals surface area contributed by atoms with E-state index in [0.29, 0.717) is 63.6 Å². The van der Waals surface area contributed by atoms with E-state index < -0.39 is 0 Å². The monoisotopic (exact) mass is 1040 g/mol. The van der Waals surface area contributed by atoms with Gasteiger partial charge < -0.3 is 46.3 Å². The molecule has 392 valence electrons. The Morgan fingerprint density at radius 3 is 1.69 bits per heavy atom. The van der Waals surface area contributed by atoms with Crippen LogP contribution in [-0.2, 0) is 25.6 Å². The Bertz CT molecular complexity index is 2990. The number of rotatable bonds is 15. The Morgan fingerprint density at radius 2 is 1.20 bits per heavy atom. The van der Waals surface area contributed by atoms with Gasteiger partial charge in [0.25, 0.3) is 0 Å². The van der Waals surface area contributed by atoms with Crippen molar-refractivity contribution < 1.29 is 28.7 Å². The smallest absolute Gasteiger partial charge is 0.248 e. The number of ether oxygens (including phenoxy) is 2. The highest BCUT2D eigenvalue weighted by Crippen LogP contribution is 2.37. The van der Waals surface area contributed by atoms with E-state index in [-0.39, 0.29) is 29.9 Å². The molecule has 19 nitrogen and oxygen atoms in total. The number of nitrogens with one attached hydrogen (secondary N) is 4. The van der Waals surface area contributed by atoms with Crippen LogP contribution in [0.4, 0.5) is 46.5 Å². The summed E-state index contributed by atoms with van der Waals surface area (Å²) in [6.07, 6.45) is 9.92. The fraction of sp³-hybridized carbons (Fsp3) is 0.309. The summed E-state index contributed by atoms with van der Waals surface area (Å²) in [6.45, 7) is 17.0. The van der Waals surface area contributed by atoms with Crippen molar-refractivity contribution >= 4 is 81.6 Å². The Kier molecular flexibility index (Phi) is 20.1. The quantitative estimate of drug-likeness (QED) is 0.0475. The second kappa shape index (κ2) is 27.0. The Labute approximate surface area is 442 Å². The second-order valence-corrected chi connectivity index (χ2v) is 18.1. The molecule has 2 aliphatic heterocycles. The van der Waals surface area contributed by atoms with Crippen LogP contribution in [0, 0.1) is 13.8 Å². The van der Waals surface area contributed by atoms with E-state index in [4.69, 9.17) is 26.8 Å². The summed E-state index contributed by atoms with van der Waals surface area (Å²) in [5, 5.41) is 12.7. The molecule has 2 aromatic carbocycles. The SMILES string of the molecule is C=CC(=O)Cc1cccc(N)n1.C=CC(=O)Nc1cccc(Nc2nc(Nc3ccc(C4CCN(C(C)=O)CC4)cc3OC)ncc2C)n1.COc1cc(C2CCN(C(C)=O)CC2)ccc1Nc1ncc(C)c(Cl)n1. The molecule has 0 saturated carbocycles. The molecule has 75 heavy (non-hydrogen) atoms. The highest BCUT2D eigenvalue weighted by atomic mass is 35.5. The average Bonchev–Trinajstić information content (AvgIpc) is 3.41. The molecule has 20 heteroatoms. The van der Waals surface area contributed by atoms with Gasteiger partial charge in [-0.2, -0.15) is 4.98 Å². The molecule has 6 N–H and O–H groups in total. The summed E-state index contributed by atoms with van der Waals surface area (Å²) in [4.78, 5) is 75.3. The third-order valence-electron chi connectivity index (χ3n) is 12.5. The fourth-order valence-corrected chi connectivity index (χ4v) is 8.39. The summed E-state index contributed by atoms with van der Waals surface area (Å²) in [5.74, 6) is 4.88. The molecule has 0 spiro atoms. The average molecular weight is 1040 g/mol. The van der Waals surface area contributed by atoms with Crippen LogP contribution in [0.1, 0.15) is 79.3 Å². The zero-order chi connectivity index (χ0) is 54.0. The molecule has 8 rings (SSSR count). The lowest BCUT2D eigenvalue weighted by Crippen LogP contribution is -2.36. The van der Waals surface area contributed by atoms with Gasteiger partial charge in [-0.05, 0) is 123 Å². The first-order chi connectivity index (χ1) is 36.0. The van der Waals surface area contributed by atoms with Gasteiger partial charge in [0.05, 0.1) is 37.7 Å². The Balaban J connectivity index is 0.000000207. The topological polar surface area (TPSA) is 245 Å². The number of halogens is 1. The van der Waals surface area contributed by atoms with Crippen LogP contribution >= 0.6 is 11.6 Å². The number of carbonyl (C=O) groups excluding carboxylic acids is 4. The number of likely N-dealkylation sites (tertiary alicyclic amines) is 2. The molecule has 2 aliphatic rings. The predicted molar refractivity (Wildman–Crippen MR) is 293 cm³/mol. The number of nitrogens with zero attached hydrogens (tertiary/aromatic N) is 8. The number of anilines is 8. The highest BCUT2D eigenvalue weighted by Gasteiger charge is 2.24. The number of aromatic nitrogens is 6. The number of amides is 3. The first kappa shape index (κ1) is 55.9. The van der Waals surface area contributed by atoms with Gasteiger partial charge in [-0.15, -0.1) is 0 Å². The number of pyridine rings is 2. The maximum Gasteiger partial charge on any atom is 0.248 e. The van der Waals surface area contributed by atoms with E-state index in [9.17, 15) is 19.2 Å². The van der Waals surface area contributed by atoms with Gasteiger partial charge in [0.2, 0.25) is 29.6 Å². The molecule has 2 fully saturated rings. The van der Waals surface area contributed by atoms with Crippen LogP contribution < -0.4 is 36.5 Å². The number of hydrogen-bond acceptors (Lipinski definition) is 16. The number of methoxy groups -OCH3 is 2. The van der Waals surface area contributed by atoms with Crippen LogP contribution in [0.15, 0.2) is 111 Å². The Hall–Kier alpha value is -8.45. The number of ketones is 1. The summed E-state index contributed by atoms with van der Waals surface area (Å²) < 4.78 is 11.2. The van der Waals surface area contributed by atoms with E-state index in [1.54, 1.807) is 76.9 Å². The first-order valence-electron chi connectivity index (χ1n) is 24.3. The summed E-state index contributed by atoms with van der Waals surface area (Å²) >= 11 is 6.06. The number of piperidine rings is 2. The van der Waals surface area contributed by atoms with Crippen molar-refractivity contribution in [2.75, 3.05) is 67.4 Å². The normalized spacial score (nSPS) is 13.4. The molecule has 0 radical (unpaired) electrons. The number of allylic oxidation sites excluding steroid dienone is 1. The van der Waals surface area contributed by atoms with E-state index >= 15 is 0 Å². The largest absolute Gasteiger partial charge is 0.495 e. The van der Waals surface area contributed by atoms with Crippen molar-refractivity contribution in [2.45, 2.75) is 71.6 Å². The van der Waals surface area contributed by atoms with Crippen molar-refractivity contribution in [2.24, 2.45) is 0 Å². The van der Waals surface area contributed by atoms with E-state index in [0.717, 1.165) is 80.1 Å². The van der Waals surface area contributed by atoms with Gasteiger partial charge in [0, 0.05) is 63.5 Å². The van der Waals surface area contributed by atoms with Crippen LogP contribution in [-0.4, -0.2) is 104 Å². The Morgan fingerprint density at radius 1 is 0.680 bits per heavy atom. The van der Waals surface area contributed by atoms with Crippen molar-refractivity contribution in [3.05, 3.63) is 144 Å². The van der Waals surface area contributed by atoms with Gasteiger partial charge in [0.15, 0.2) is 5.78 Å². The van der Waals surface area contributed by atoms with Gasteiger partial charge in [-0.1, -0.05) is 49.0 Å². The molecule has 0 atom stereocenters. The maximum absolute atomic E-state index is 11.6. The van der Waals surface area contributed by atoms with Crippen LogP contribution in [0.5, 0.6) is 11.5 Å². The maximum atomic E-state index is 11.6. The minimum atomic E-state index is -0.337. The third-order valence-corrected chi connectivity index (χ3v) is 12.9. The van der Waals surface area contributed by atoms with Gasteiger partial charge in [-0.3, -0.25) is 19.2 Å². The van der Waals surface area contributed by atoms with Crippen molar-refractivity contribution in [1.29, 1.82) is 0 Å².